The molecule has 1 heterocycles. The fraction of sp³-hybridized carbons (Fsp3) is 0.286. The molecule has 5 nitrogen and oxygen atoms in total. The van der Waals surface area contributed by atoms with Gasteiger partial charge < -0.3 is 4.84 Å². The first kappa shape index (κ1) is 17.9. The number of fused-ring (bicyclic) bond motifs is 1. The summed E-state index contributed by atoms with van der Waals surface area (Å²) in [7, 11) is 0. The zero-order valence-electron chi connectivity index (χ0n) is 15.2. The van der Waals surface area contributed by atoms with Gasteiger partial charge in [-0.3, -0.25) is 14.9 Å². The van der Waals surface area contributed by atoms with E-state index in [1.807, 2.05) is 51.1 Å². The van der Waals surface area contributed by atoms with Gasteiger partial charge in [0.25, 0.3) is 11.8 Å². The highest BCUT2D eigenvalue weighted by Gasteiger charge is 2.32. The molecule has 0 radical (unpaired) electrons. The summed E-state index contributed by atoms with van der Waals surface area (Å²) in [4.78, 5) is 30.1. The largest absolute Gasteiger partial charge is 0.389 e. The van der Waals surface area contributed by atoms with Gasteiger partial charge in [-0.15, -0.1) is 0 Å². The van der Waals surface area contributed by atoms with Crippen LogP contribution in [-0.2, 0) is 22.5 Å². The molecule has 3 rings (SSSR count). The molecule has 0 bridgehead atoms. The van der Waals surface area contributed by atoms with Crippen molar-refractivity contribution in [2.24, 2.45) is 5.16 Å². The lowest BCUT2D eigenvalue weighted by Crippen LogP contribution is -2.43. The van der Waals surface area contributed by atoms with Crippen LogP contribution < -0.4 is 5.32 Å². The number of oxime groups is 1. The SMILES string of the molecule is CC(C)(C)ON=C1C(=O)NC(=O)c2cccc(CCc3ccccc3)c21. The molecule has 1 aliphatic heterocycles. The molecule has 2 aromatic carbocycles. The predicted molar refractivity (Wildman–Crippen MR) is 100 cm³/mol. The van der Waals surface area contributed by atoms with Gasteiger partial charge in [-0.1, -0.05) is 47.6 Å². The molecule has 2 aromatic rings. The molecule has 2 amide bonds. The Labute approximate surface area is 153 Å². The van der Waals surface area contributed by atoms with Gasteiger partial charge in [0.1, 0.15) is 5.60 Å². The van der Waals surface area contributed by atoms with Crippen molar-refractivity contribution in [2.75, 3.05) is 0 Å². The summed E-state index contributed by atoms with van der Waals surface area (Å²) in [6, 6.07) is 15.6. The summed E-state index contributed by atoms with van der Waals surface area (Å²) in [5.41, 5.74) is 2.74. The third-order valence-electron chi connectivity index (χ3n) is 4.01. The van der Waals surface area contributed by atoms with Crippen molar-refractivity contribution in [1.29, 1.82) is 0 Å². The number of rotatable bonds is 4. The Morgan fingerprint density at radius 3 is 2.35 bits per heavy atom. The minimum atomic E-state index is -0.534. The molecule has 5 heteroatoms. The third-order valence-corrected chi connectivity index (χ3v) is 4.01. The Hall–Kier alpha value is -2.95. The van der Waals surface area contributed by atoms with Crippen LogP contribution in [0.15, 0.2) is 53.7 Å². The summed E-state index contributed by atoms with van der Waals surface area (Å²) in [6.45, 7) is 5.56. The zero-order valence-corrected chi connectivity index (χ0v) is 15.2. The molecule has 0 aliphatic carbocycles. The highest BCUT2D eigenvalue weighted by atomic mass is 16.6. The summed E-state index contributed by atoms with van der Waals surface area (Å²) in [6.07, 6.45) is 1.50. The second-order valence-corrected chi connectivity index (χ2v) is 7.25. The van der Waals surface area contributed by atoms with Crippen LogP contribution >= 0.6 is 0 Å². The predicted octanol–water partition coefficient (Wildman–Crippen LogP) is 3.26. The van der Waals surface area contributed by atoms with E-state index >= 15 is 0 Å². The van der Waals surface area contributed by atoms with E-state index in [2.05, 4.69) is 22.6 Å². The molecular weight excluding hydrogens is 328 g/mol. The van der Waals surface area contributed by atoms with Crippen LogP contribution in [0.25, 0.3) is 0 Å². The van der Waals surface area contributed by atoms with Gasteiger partial charge in [-0.05, 0) is 50.8 Å². The topological polar surface area (TPSA) is 67.8 Å². The standard InChI is InChI=1S/C21H22N2O3/c1-21(2,3)26-23-18-17-15(13-12-14-8-5-4-6-9-14)10-7-11-16(17)19(24)22-20(18)25/h4-11H,12-13H2,1-3H3,(H,22,24,25). The molecule has 1 N–H and O–H groups in total. The number of nitrogens with one attached hydrogen (secondary N) is 1. The Kier molecular flexibility index (Phi) is 4.89. The maximum absolute atomic E-state index is 12.4. The third kappa shape index (κ3) is 3.99. The lowest BCUT2D eigenvalue weighted by molar-refractivity contribution is -0.114. The van der Waals surface area contributed by atoms with Crippen LogP contribution in [0.2, 0.25) is 0 Å². The first-order valence-corrected chi connectivity index (χ1v) is 8.63. The fourth-order valence-electron chi connectivity index (χ4n) is 2.81. The number of amides is 2. The summed E-state index contributed by atoms with van der Waals surface area (Å²) in [5, 5.41) is 6.41. The van der Waals surface area contributed by atoms with Crippen molar-refractivity contribution in [3.8, 4) is 0 Å². The number of imide groups is 1. The Morgan fingerprint density at radius 2 is 1.65 bits per heavy atom. The van der Waals surface area contributed by atoms with Crippen molar-refractivity contribution in [3.63, 3.8) is 0 Å². The number of nitrogens with zero attached hydrogens (tertiary/aromatic N) is 1. The van der Waals surface area contributed by atoms with E-state index in [4.69, 9.17) is 4.84 Å². The van der Waals surface area contributed by atoms with Gasteiger partial charge >= 0.3 is 0 Å². The molecule has 0 fully saturated rings. The summed E-state index contributed by atoms with van der Waals surface area (Å²) < 4.78 is 0. The maximum atomic E-state index is 12.4. The van der Waals surface area contributed by atoms with Gasteiger partial charge in [-0.2, -0.15) is 0 Å². The summed E-state index contributed by atoms with van der Waals surface area (Å²) >= 11 is 0. The number of aryl methyl sites for hydroxylation is 2. The minimum absolute atomic E-state index is 0.151. The molecule has 1 aliphatic rings. The molecular formula is C21H22N2O3. The molecule has 0 aromatic heterocycles. The van der Waals surface area contributed by atoms with Crippen molar-refractivity contribution >= 4 is 17.5 Å². The van der Waals surface area contributed by atoms with Crippen molar-refractivity contribution in [2.45, 2.75) is 39.2 Å². The van der Waals surface area contributed by atoms with Crippen LogP contribution in [-0.4, -0.2) is 23.1 Å². The number of carbonyl (C=O) groups excluding carboxylic acids is 2. The van der Waals surface area contributed by atoms with Gasteiger partial charge in [-0.25, -0.2) is 0 Å². The van der Waals surface area contributed by atoms with Gasteiger partial charge in [0, 0.05) is 11.1 Å². The lowest BCUT2D eigenvalue weighted by atomic mass is 9.90. The van der Waals surface area contributed by atoms with Crippen LogP contribution in [0.3, 0.4) is 0 Å². The van der Waals surface area contributed by atoms with Gasteiger partial charge in [0.05, 0.1) is 0 Å². The fourth-order valence-corrected chi connectivity index (χ4v) is 2.81. The van der Waals surface area contributed by atoms with Gasteiger partial charge in [0.15, 0.2) is 5.71 Å². The van der Waals surface area contributed by atoms with Crippen LogP contribution in [0.5, 0.6) is 0 Å². The second-order valence-electron chi connectivity index (χ2n) is 7.25. The normalized spacial score (nSPS) is 15.6. The van der Waals surface area contributed by atoms with E-state index in [0.717, 1.165) is 12.0 Å². The molecule has 0 saturated heterocycles. The first-order chi connectivity index (χ1) is 12.3. The number of hydrogen-bond acceptors (Lipinski definition) is 4. The zero-order chi connectivity index (χ0) is 18.7. The quantitative estimate of drug-likeness (QED) is 0.680. The minimum Gasteiger partial charge on any atom is -0.389 e. The number of hydrogen-bond donors (Lipinski definition) is 1. The van der Waals surface area contributed by atoms with E-state index in [-0.39, 0.29) is 5.71 Å². The van der Waals surface area contributed by atoms with Crippen molar-refractivity contribution in [3.05, 3.63) is 70.8 Å². The molecule has 0 spiro atoms. The van der Waals surface area contributed by atoms with Crippen LogP contribution in [0, 0.1) is 0 Å². The maximum Gasteiger partial charge on any atom is 0.280 e. The molecule has 134 valence electrons. The molecule has 0 atom stereocenters. The average Bonchev–Trinajstić information content (AvgIpc) is 2.60. The monoisotopic (exact) mass is 350 g/mol. The first-order valence-electron chi connectivity index (χ1n) is 8.63. The summed E-state index contributed by atoms with van der Waals surface area (Å²) in [5.74, 6) is -0.930. The molecule has 0 unspecified atom stereocenters. The molecule has 0 saturated carbocycles. The molecule has 26 heavy (non-hydrogen) atoms. The second kappa shape index (κ2) is 7.12. The Bertz CT molecular complexity index is 865. The highest BCUT2D eigenvalue weighted by Crippen LogP contribution is 2.23. The van der Waals surface area contributed by atoms with E-state index in [1.54, 1.807) is 6.07 Å². The van der Waals surface area contributed by atoms with Crippen LogP contribution in [0.1, 0.15) is 47.8 Å². The Balaban J connectivity index is 1.99. The Morgan fingerprint density at radius 1 is 0.923 bits per heavy atom. The number of carbonyl (C=O) groups is 2. The van der Waals surface area contributed by atoms with E-state index in [0.29, 0.717) is 17.5 Å². The van der Waals surface area contributed by atoms with Crippen molar-refractivity contribution < 1.29 is 14.4 Å². The van der Waals surface area contributed by atoms with E-state index in [9.17, 15) is 9.59 Å². The number of benzene rings is 2. The lowest BCUT2D eigenvalue weighted by Gasteiger charge is -2.22. The van der Waals surface area contributed by atoms with E-state index < -0.39 is 17.4 Å². The smallest absolute Gasteiger partial charge is 0.280 e. The average molecular weight is 350 g/mol. The van der Waals surface area contributed by atoms with Crippen LogP contribution in [0.4, 0.5) is 0 Å². The van der Waals surface area contributed by atoms with Gasteiger partial charge in [0.2, 0.25) is 0 Å². The van der Waals surface area contributed by atoms with E-state index in [1.165, 1.54) is 5.56 Å². The highest BCUT2D eigenvalue weighted by molar-refractivity contribution is 6.51. The van der Waals surface area contributed by atoms with Crippen molar-refractivity contribution in [1.82, 2.24) is 5.32 Å².